The molecule has 1 nitrogen and oxygen atoms in total. The molecule has 37 heteroatoms. The van der Waals surface area contributed by atoms with E-state index in [9.17, 15) is 123 Å². The van der Waals surface area contributed by atoms with Crippen LogP contribution >= 0.6 is 0 Å². The van der Waals surface area contributed by atoms with Gasteiger partial charge in [-0.1, -0.05) is 103 Å². The lowest BCUT2D eigenvalue weighted by atomic mass is 9.80. The van der Waals surface area contributed by atoms with E-state index in [0.717, 1.165) is 32.3 Å². The average molecular weight is 1280 g/mol. The molecule has 1 aliphatic carbocycles. The molecule has 2 atom stereocenters. The number of allylic oxidation sites excluding steroid dienone is 1. The molecule has 3 aromatic carbocycles. The first kappa shape index (κ1) is 69.2. The molecular formula is C44H35F34NSi2. The van der Waals surface area contributed by atoms with Crippen molar-refractivity contribution in [1.82, 2.24) is 0 Å². The van der Waals surface area contributed by atoms with Crippen LogP contribution in [-0.2, 0) is 0 Å². The summed E-state index contributed by atoms with van der Waals surface area (Å²) in [4.78, 5) is 0. The number of hydrogen-bond donors (Lipinski definition) is 1. The molecule has 0 spiro atoms. The Morgan fingerprint density at radius 2 is 0.765 bits per heavy atom. The van der Waals surface area contributed by atoms with E-state index in [4.69, 9.17) is 5.73 Å². The summed E-state index contributed by atoms with van der Waals surface area (Å²) in [5.74, 6) is -117. The molecule has 0 heterocycles. The molecule has 2 N–H and O–H groups in total. The van der Waals surface area contributed by atoms with Crippen LogP contribution < -0.4 is 10.9 Å². The van der Waals surface area contributed by atoms with E-state index in [1.165, 1.54) is 60.7 Å². The van der Waals surface area contributed by atoms with Crippen LogP contribution in [0, 0.1) is 0 Å². The van der Waals surface area contributed by atoms with Gasteiger partial charge >= 0.3 is 95.3 Å². The van der Waals surface area contributed by atoms with Crippen LogP contribution in [0.15, 0.2) is 66.7 Å². The van der Waals surface area contributed by atoms with E-state index >= 15 is 26.3 Å². The van der Waals surface area contributed by atoms with Crippen molar-refractivity contribution in [1.29, 1.82) is 0 Å². The minimum Gasteiger partial charge on any atom is -0.323 e. The molecule has 3 aromatic rings. The summed E-state index contributed by atoms with van der Waals surface area (Å²) in [6.07, 6.45) is -17.8. The Balaban J connectivity index is 1.70. The van der Waals surface area contributed by atoms with Crippen LogP contribution in [0.25, 0.3) is 16.0 Å². The normalized spacial score (nSPS) is 17.8. The maximum absolute atomic E-state index is 15.4. The van der Waals surface area contributed by atoms with Crippen LogP contribution in [0.4, 0.5) is 149 Å². The van der Waals surface area contributed by atoms with Gasteiger partial charge in [0.15, 0.2) is 0 Å². The first-order valence-electron chi connectivity index (χ1n) is 22.0. The molecule has 0 bridgehead atoms. The van der Waals surface area contributed by atoms with Gasteiger partial charge in [0.25, 0.3) is 0 Å². The fourth-order valence-corrected chi connectivity index (χ4v) is 14.7. The zero-order valence-corrected chi connectivity index (χ0v) is 42.3. The van der Waals surface area contributed by atoms with Gasteiger partial charge in [-0.25, -0.2) is 0 Å². The van der Waals surface area contributed by atoms with E-state index in [-0.39, 0.29) is 44.3 Å². The van der Waals surface area contributed by atoms with Crippen molar-refractivity contribution in [3.63, 3.8) is 0 Å². The van der Waals surface area contributed by atoms with Gasteiger partial charge in [0.05, 0.1) is 22.2 Å². The van der Waals surface area contributed by atoms with Gasteiger partial charge in [0.2, 0.25) is 0 Å². The van der Waals surface area contributed by atoms with Crippen molar-refractivity contribution < 1.29 is 149 Å². The van der Waals surface area contributed by atoms with E-state index in [1.54, 1.807) is 0 Å². The number of alkyl halides is 34. The van der Waals surface area contributed by atoms with Crippen LogP contribution in [0.3, 0.4) is 0 Å². The maximum atomic E-state index is 15.4. The second-order valence-corrected chi connectivity index (χ2v) is 29.6. The van der Waals surface area contributed by atoms with Crippen LogP contribution in [-0.4, -0.2) is 117 Å². The van der Waals surface area contributed by atoms with Gasteiger partial charge in [-0.3, -0.25) is 0 Å². The summed E-state index contributed by atoms with van der Waals surface area (Å²) in [7, 11) is -8.21. The summed E-state index contributed by atoms with van der Waals surface area (Å²) < 4.78 is 476. The number of benzene rings is 3. The molecule has 0 radical (unpaired) electrons. The Morgan fingerprint density at radius 1 is 0.407 bits per heavy atom. The highest BCUT2D eigenvalue weighted by Gasteiger charge is 2.97. The van der Waals surface area contributed by atoms with Gasteiger partial charge in [0.1, 0.15) is 0 Å². The molecule has 0 aliphatic heterocycles. The topological polar surface area (TPSA) is 26.0 Å². The van der Waals surface area contributed by atoms with E-state index in [2.05, 4.69) is 0 Å². The number of hydrogen-bond acceptors (Lipinski definition) is 1. The lowest BCUT2D eigenvalue weighted by molar-refractivity contribution is -0.462. The van der Waals surface area contributed by atoms with Crippen molar-refractivity contribution in [2.24, 2.45) is 5.73 Å². The number of rotatable bonds is 21. The molecular weight excluding hydrogens is 1240 g/mol. The van der Waals surface area contributed by atoms with Crippen molar-refractivity contribution in [3.8, 4) is 0 Å². The van der Waals surface area contributed by atoms with Crippen molar-refractivity contribution in [2.75, 3.05) is 0 Å². The van der Waals surface area contributed by atoms with Gasteiger partial charge in [-0.05, 0) is 46.0 Å². The summed E-state index contributed by atoms with van der Waals surface area (Å²) in [6.45, 7) is 4.04. The highest BCUT2D eigenvalue weighted by molar-refractivity contribution is 6.95. The Hall–Kier alpha value is -4.33. The fourth-order valence-electron chi connectivity index (χ4n) is 8.82. The van der Waals surface area contributed by atoms with Crippen molar-refractivity contribution >= 4 is 37.3 Å². The smallest absolute Gasteiger partial charge is 0.323 e. The molecule has 1 aliphatic rings. The van der Waals surface area contributed by atoms with Crippen LogP contribution in [0.2, 0.25) is 38.3 Å². The van der Waals surface area contributed by atoms with Crippen LogP contribution in [0.5, 0.6) is 0 Å². The van der Waals surface area contributed by atoms with Crippen molar-refractivity contribution in [3.05, 3.63) is 83.4 Å². The second kappa shape index (κ2) is 19.9. The van der Waals surface area contributed by atoms with Gasteiger partial charge in [0, 0.05) is 12.3 Å². The van der Waals surface area contributed by atoms with Gasteiger partial charge < -0.3 is 5.73 Å². The third-order valence-corrected chi connectivity index (χ3v) is 20.6. The lowest BCUT2D eigenvalue weighted by Crippen LogP contribution is -2.75. The summed E-state index contributed by atoms with van der Waals surface area (Å²) in [5.41, 5.74) is 5.43. The maximum Gasteiger partial charge on any atom is 0.460 e. The Labute approximate surface area is 433 Å². The van der Waals surface area contributed by atoms with E-state index < -0.39 is 142 Å². The molecule has 0 amide bonds. The van der Waals surface area contributed by atoms with Gasteiger partial charge in [-0.15, -0.1) is 0 Å². The van der Waals surface area contributed by atoms with E-state index in [0.29, 0.717) is 0 Å². The second-order valence-electron chi connectivity index (χ2n) is 20.0. The molecule has 0 saturated carbocycles. The first-order chi connectivity index (χ1) is 35.5. The number of halogens is 34. The number of fused-ring (bicyclic) bond motifs is 2. The number of nitrogens with two attached hydrogens (primary N) is 1. The average Bonchev–Trinajstić information content (AvgIpc) is 3.31. The Bertz CT molecular complexity index is 2820. The van der Waals surface area contributed by atoms with Crippen LogP contribution in [0.1, 0.15) is 35.4 Å². The molecule has 0 fully saturated rings. The monoisotopic (exact) mass is 1280 g/mol. The molecule has 462 valence electrons. The highest BCUT2D eigenvalue weighted by atomic mass is 28.3. The zero-order chi connectivity index (χ0) is 63.8. The van der Waals surface area contributed by atoms with Crippen molar-refractivity contribution in [2.45, 2.75) is 158 Å². The van der Waals surface area contributed by atoms with E-state index in [1.807, 2.05) is 0 Å². The largest absolute Gasteiger partial charge is 0.460 e. The zero-order valence-electron chi connectivity index (χ0n) is 40.3. The van der Waals surface area contributed by atoms with Gasteiger partial charge in [-0.2, -0.15) is 149 Å². The third kappa shape index (κ3) is 9.90. The highest BCUT2D eigenvalue weighted by Crippen LogP contribution is 2.67. The summed E-state index contributed by atoms with van der Waals surface area (Å²) >= 11 is 0. The predicted molar refractivity (Wildman–Crippen MR) is 223 cm³/mol. The Morgan fingerprint density at radius 3 is 1.19 bits per heavy atom. The minimum atomic E-state index is -8.88. The SMILES string of the molecule is C[Si](C)(C[C@H](N)C(F)(F)C(F)(F)C(F)(F)C(F)(F)C(F)(F)C(F)(F)C(F)(F)C(F)(F)F)C1=CCC(c2ccc([Si](C)(C)CCC(F)(F)C(F)(F)C(F)(F)C(F)(F)C(F)(F)C(F)(F)C(F)(F)C(F)(F)F)c3ccccc23)c2ccccc21. The molecule has 0 aromatic heterocycles. The summed E-state index contributed by atoms with van der Waals surface area (Å²) in [5, 5.41) is -0.147. The first-order valence-corrected chi connectivity index (χ1v) is 28.4. The molecule has 0 saturated heterocycles. The molecule has 4 rings (SSSR count). The predicted octanol–water partition coefficient (Wildman–Crippen LogP) is 17.7. The third-order valence-electron chi connectivity index (χ3n) is 13.8. The molecule has 81 heavy (non-hydrogen) atoms. The Kier molecular flexibility index (Phi) is 17.0. The molecule has 1 unspecified atom stereocenters. The summed E-state index contributed by atoms with van der Waals surface area (Å²) in [6, 6.07) is 5.40. The standard InChI is InChI=1S/C44H35F34NSi2/c1-80(2,18-17-29(45,46)31(49,50)33(53,54)35(57,58)37(61,62)39(65,66)41(69,70)43(73,74)75)26-15-13-22(20-9-5-7-11-24(20)26)23-14-16-27(25-12-8-6-10-21(23)25)81(3,4)19-28(79)30(47,48)32(51,52)34(55,56)36(59,60)38(63,64)40(67,68)42(71,72)44(76,77)78/h5-13,15-16,23,28H,14,17-19,79H2,1-4H3/t23?,28-/m0/s1. The fraction of sp³-hybridized carbons (Fsp3) is 0.591. The lowest BCUT2D eigenvalue weighted by Gasteiger charge is -2.44. The quantitative estimate of drug-likeness (QED) is 0.0835. The minimum absolute atomic E-state index is 0.0138.